The highest BCUT2D eigenvalue weighted by atomic mass is 16.2. The third kappa shape index (κ3) is 3.19. The lowest BCUT2D eigenvalue weighted by atomic mass is 9.94. The summed E-state index contributed by atoms with van der Waals surface area (Å²) in [4.78, 5) is 27.3. The van der Waals surface area contributed by atoms with Crippen LogP contribution in [0.25, 0.3) is 0 Å². The van der Waals surface area contributed by atoms with E-state index >= 15 is 0 Å². The minimum absolute atomic E-state index is 0.0342. The maximum absolute atomic E-state index is 13.0. The van der Waals surface area contributed by atoms with Gasteiger partial charge in [-0.25, -0.2) is 4.68 Å². The number of hydrogen-bond acceptors (Lipinski definition) is 3. The molecule has 0 aromatic carbocycles. The van der Waals surface area contributed by atoms with E-state index in [4.69, 9.17) is 0 Å². The number of amides is 1. The highest BCUT2D eigenvalue weighted by Crippen LogP contribution is 2.24. The van der Waals surface area contributed by atoms with Gasteiger partial charge in [-0.05, 0) is 51.5 Å². The number of aromatic nitrogens is 2. The molecular formula is C18H27N3O2. The number of nitrogens with zero attached hydrogens (tertiary/aromatic N) is 3. The molecule has 0 aliphatic heterocycles. The maximum Gasteiger partial charge on any atom is 0.267 e. The van der Waals surface area contributed by atoms with Crippen LogP contribution in [0.3, 0.4) is 0 Å². The van der Waals surface area contributed by atoms with E-state index < -0.39 is 6.04 Å². The summed E-state index contributed by atoms with van der Waals surface area (Å²) in [5.74, 6) is 0.0342. The quantitative estimate of drug-likeness (QED) is 0.857. The lowest BCUT2D eigenvalue weighted by Gasteiger charge is -2.35. The van der Waals surface area contributed by atoms with Gasteiger partial charge in [-0.3, -0.25) is 9.59 Å². The third-order valence-corrected chi connectivity index (χ3v) is 5.35. The fourth-order valence-electron chi connectivity index (χ4n) is 4.02. The molecule has 1 atom stereocenters. The van der Waals surface area contributed by atoms with E-state index in [-0.39, 0.29) is 11.5 Å². The Labute approximate surface area is 137 Å². The summed E-state index contributed by atoms with van der Waals surface area (Å²) >= 11 is 0. The van der Waals surface area contributed by atoms with Gasteiger partial charge in [0.15, 0.2) is 0 Å². The summed E-state index contributed by atoms with van der Waals surface area (Å²) in [6, 6.07) is 1.49. The van der Waals surface area contributed by atoms with E-state index in [0.29, 0.717) is 12.6 Å². The van der Waals surface area contributed by atoms with Crippen molar-refractivity contribution >= 4 is 5.91 Å². The van der Waals surface area contributed by atoms with Gasteiger partial charge in [-0.15, -0.1) is 0 Å². The van der Waals surface area contributed by atoms with E-state index in [1.54, 1.807) is 6.07 Å². The monoisotopic (exact) mass is 317 g/mol. The second-order valence-corrected chi connectivity index (χ2v) is 6.84. The molecule has 0 bridgehead atoms. The van der Waals surface area contributed by atoms with Gasteiger partial charge in [0.25, 0.3) is 5.56 Å². The van der Waals surface area contributed by atoms with E-state index in [1.165, 1.54) is 23.9 Å². The minimum atomic E-state index is -0.518. The molecule has 1 fully saturated rings. The number of aryl methyl sites for hydroxylation is 2. The minimum Gasteiger partial charge on any atom is -0.338 e. The standard InChI is InChI=1S/C18H27N3O2/c1-3-20(15-9-5-4-6-10-15)18(23)13(2)21-17(22)12-14-8-7-11-16(14)19-21/h12-13,15H,3-11H2,1-2H3. The zero-order valence-corrected chi connectivity index (χ0v) is 14.3. The first-order valence-electron chi connectivity index (χ1n) is 9.04. The highest BCUT2D eigenvalue weighted by molar-refractivity contribution is 5.80. The van der Waals surface area contributed by atoms with E-state index in [2.05, 4.69) is 5.10 Å². The Kier molecular flexibility index (Phi) is 4.83. The van der Waals surface area contributed by atoms with Crippen LogP contribution in [0.4, 0.5) is 0 Å². The van der Waals surface area contributed by atoms with Gasteiger partial charge >= 0.3 is 0 Å². The van der Waals surface area contributed by atoms with E-state index in [9.17, 15) is 9.59 Å². The van der Waals surface area contributed by atoms with Crippen LogP contribution in [0.5, 0.6) is 0 Å². The lowest BCUT2D eigenvalue weighted by molar-refractivity contribution is -0.137. The molecule has 1 amide bonds. The van der Waals surface area contributed by atoms with Crippen molar-refractivity contribution in [3.05, 3.63) is 27.7 Å². The van der Waals surface area contributed by atoms with Crippen molar-refractivity contribution in [3.8, 4) is 0 Å². The Hall–Kier alpha value is -1.65. The fourth-order valence-corrected chi connectivity index (χ4v) is 4.02. The van der Waals surface area contributed by atoms with Crippen LogP contribution in [-0.2, 0) is 17.6 Å². The molecule has 0 N–H and O–H groups in total. The molecule has 0 saturated heterocycles. The van der Waals surface area contributed by atoms with Gasteiger partial charge in [0.05, 0.1) is 5.69 Å². The summed E-state index contributed by atoms with van der Waals surface area (Å²) in [6.07, 6.45) is 8.72. The zero-order valence-electron chi connectivity index (χ0n) is 14.3. The number of fused-ring (bicyclic) bond motifs is 1. The zero-order chi connectivity index (χ0) is 16.4. The molecule has 126 valence electrons. The Bertz CT molecular complexity index is 632. The molecule has 0 spiro atoms. The first kappa shape index (κ1) is 16.2. The number of carbonyl (C=O) groups is 1. The molecule has 1 aromatic heterocycles. The van der Waals surface area contributed by atoms with Crippen LogP contribution in [0, 0.1) is 0 Å². The summed E-state index contributed by atoms with van der Waals surface area (Å²) < 4.78 is 1.40. The summed E-state index contributed by atoms with van der Waals surface area (Å²) in [7, 11) is 0. The number of carbonyl (C=O) groups excluding carboxylic acids is 1. The topological polar surface area (TPSA) is 55.2 Å². The molecule has 0 radical (unpaired) electrons. The SMILES string of the molecule is CCN(C(=O)C(C)n1nc2c(cc1=O)CCC2)C1CCCCC1. The molecule has 1 aromatic rings. The van der Waals surface area contributed by atoms with Crippen molar-refractivity contribution in [2.45, 2.75) is 77.3 Å². The lowest BCUT2D eigenvalue weighted by Crippen LogP contribution is -2.46. The predicted octanol–water partition coefficient (Wildman–Crippen LogP) is 2.47. The first-order valence-corrected chi connectivity index (χ1v) is 9.04. The average molecular weight is 317 g/mol. The Morgan fingerprint density at radius 1 is 1.30 bits per heavy atom. The number of hydrogen-bond donors (Lipinski definition) is 0. The third-order valence-electron chi connectivity index (χ3n) is 5.35. The van der Waals surface area contributed by atoms with Gasteiger partial charge in [0.1, 0.15) is 6.04 Å². The van der Waals surface area contributed by atoms with E-state index in [0.717, 1.165) is 43.4 Å². The van der Waals surface area contributed by atoms with E-state index in [1.807, 2.05) is 18.7 Å². The molecular weight excluding hydrogens is 290 g/mol. The summed E-state index contributed by atoms with van der Waals surface area (Å²) in [5.41, 5.74) is 1.90. The largest absolute Gasteiger partial charge is 0.338 e. The van der Waals surface area contributed by atoms with Gasteiger partial charge in [0, 0.05) is 18.7 Å². The van der Waals surface area contributed by atoms with Crippen LogP contribution in [0.15, 0.2) is 10.9 Å². The molecule has 2 aliphatic rings. The van der Waals surface area contributed by atoms with Crippen LogP contribution in [0.2, 0.25) is 0 Å². The molecule has 5 heteroatoms. The van der Waals surface area contributed by atoms with Crippen LogP contribution in [0.1, 0.15) is 69.7 Å². The fraction of sp³-hybridized carbons (Fsp3) is 0.722. The summed E-state index contributed by atoms with van der Waals surface area (Å²) in [5, 5.41) is 4.49. The van der Waals surface area contributed by atoms with Crippen molar-refractivity contribution < 1.29 is 4.79 Å². The average Bonchev–Trinajstić information content (AvgIpc) is 3.02. The second-order valence-electron chi connectivity index (χ2n) is 6.84. The predicted molar refractivity (Wildman–Crippen MR) is 89.5 cm³/mol. The van der Waals surface area contributed by atoms with Crippen molar-refractivity contribution in [2.75, 3.05) is 6.54 Å². The molecule has 1 unspecified atom stereocenters. The summed E-state index contributed by atoms with van der Waals surface area (Å²) in [6.45, 7) is 4.54. The van der Waals surface area contributed by atoms with Crippen LogP contribution in [-0.4, -0.2) is 33.2 Å². The normalized spacial score (nSPS) is 19.4. The van der Waals surface area contributed by atoms with Gasteiger partial charge in [-0.2, -0.15) is 5.10 Å². The number of likely N-dealkylation sites (N-methyl/N-ethyl adjacent to an activating group) is 1. The molecule has 2 aliphatic carbocycles. The van der Waals surface area contributed by atoms with Gasteiger partial charge < -0.3 is 4.90 Å². The highest BCUT2D eigenvalue weighted by Gasteiger charge is 2.29. The van der Waals surface area contributed by atoms with Crippen molar-refractivity contribution in [3.63, 3.8) is 0 Å². The van der Waals surface area contributed by atoms with Crippen molar-refractivity contribution in [1.82, 2.24) is 14.7 Å². The Morgan fingerprint density at radius 3 is 2.74 bits per heavy atom. The van der Waals surface area contributed by atoms with Gasteiger partial charge in [-0.1, -0.05) is 19.3 Å². The second kappa shape index (κ2) is 6.85. The van der Waals surface area contributed by atoms with Crippen LogP contribution < -0.4 is 5.56 Å². The molecule has 5 nitrogen and oxygen atoms in total. The molecule has 1 heterocycles. The first-order chi connectivity index (χ1) is 11.1. The van der Waals surface area contributed by atoms with Crippen molar-refractivity contribution in [1.29, 1.82) is 0 Å². The van der Waals surface area contributed by atoms with Gasteiger partial charge in [0.2, 0.25) is 5.91 Å². The van der Waals surface area contributed by atoms with Crippen molar-refractivity contribution in [2.24, 2.45) is 0 Å². The smallest absolute Gasteiger partial charge is 0.267 e. The number of rotatable bonds is 4. The maximum atomic E-state index is 13.0. The molecule has 23 heavy (non-hydrogen) atoms. The van der Waals surface area contributed by atoms with Crippen LogP contribution >= 0.6 is 0 Å². The Balaban J connectivity index is 1.82. The molecule has 3 rings (SSSR count). The Morgan fingerprint density at radius 2 is 2.04 bits per heavy atom. The molecule has 1 saturated carbocycles.